The number of rotatable bonds is 5. The van der Waals surface area contributed by atoms with Crippen molar-refractivity contribution in [2.24, 2.45) is 0 Å². The van der Waals surface area contributed by atoms with Crippen LogP contribution in [0.25, 0.3) is 0 Å². The highest BCUT2D eigenvalue weighted by Gasteiger charge is 2.13. The summed E-state index contributed by atoms with van der Waals surface area (Å²) in [5, 5.41) is 2.93. The van der Waals surface area contributed by atoms with E-state index in [2.05, 4.69) is 22.3 Å². The first kappa shape index (κ1) is 16.7. The lowest BCUT2D eigenvalue weighted by Crippen LogP contribution is -2.30. The molecule has 0 aromatic heterocycles. The number of likely N-dealkylation sites (tertiary alicyclic amines) is 1. The monoisotopic (exact) mass is 326 g/mol. The smallest absolute Gasteiger partial charge is 0.251 e. The van der Waals surface area contributed by atoms with E-state index < -0.39 is 0 Å². The highest BCUT2D eigenvalue weighted by atomic mass is 19.1. The van der Waals surface area contributed by atoms with Crippen molar-refractivity contribution in [3.63, 3.8) is 0 Å². The molecule has 126 valence electrons. The number of hydrogen-bond donors (Lipinski definition) is 1. The molecule has 0 atom stereocenters. The zero-order valence-corrected chi connectivity index (χ0v) is 13.8. The molecule has 2 aromatic rings. The molecule has 1 saturated heterocycles. The molecule has 0 unspecified atom stereocenters. The van der Waals surface area contributed by atoms with E-state index in [1.807, 2.05) is 12.1 Å². The Morgan fingerprint density at radius 3 is 2.33 bits per heavy atom. The number of halogens is 1. The van der Waals surface area contributed by atoms with Crippen molar-refractivity contribution >= 4 is 5.91 Å². The summed E-state index contributed by atoms with van der Waals surface area (Å²) < 4.78 is 12.9. The standard InChI is InChI=1S/C20H23FN2O/c21-19-10-8-16(9-11-19)20(24)22-14-17-6-2-3-7-18(17)15-23-12-4-1-5-13-23/h2-3,6-11H,1,4-5,12-15H2,(H,22,24). The van der Waals surface area contributed by atoms with Gasteiger partial charge in [-0.25, -0.2) is 4.39 Å². The second kappa shape index (κ2) is 8.06. The van der Waals surface area contributed by atoms with E-state index in [-0.39, 0.29) is 11.7 Å². The first-order chi connectivity index (χ1) is 11.7. The molecule has 1 aliphatic heterocycles. The highest BCUT2D eigenvalue weighted by molar-refractivity contribution is 5.94. The van der Waals surface area contributed by atoms with Crippen LogP contribution < -0.4 is 5.32 Å². The molecule has 3 nitrogen and oxygen atoms in total. The third kappa shape index (κ3) is 4.42. The minimum atomic E-state index is -0.335. The number of carbonyl (C=O) groups excluding carboxylic acids is 1. The Labute approximate surface area is 142 Å². The summed E-state index contributed by atoms with van der Waals surface area (Å²) in [5.41, 5.74) is 2.88. The molecule has 1 N–H and O–H groups in total. The molecule has 0 aliphatic carbocycles. The van der Waals surface area contributed by atoms with Crippen molar-refractivity contribution in [2.75, 3.05) is 13.1 Å². The molecule has 1 amide bonds. The van der Waals surface area contributed by atoms with Gasteiger partial charge < -0.3 is 5.32 Å². The fraction of sp³-hybridized carbons (Fsp3) is 0.350. The fourth-order valence-corrected chi connectivity index (χ4v) is 3.12. The summed E-state index contributed by atoms with van der Waals surface area (Å²) in [4.78, 5) is 14.7. The van der Waals surface area contributed by atoms with E-state index in [1.165, 1.54) is 49.1 Å². The van der Waals surface area contributed by atoms with Crippen molar-refractivity contribution in [3.8, 4) is 0 Å². The molecular formula is C20H23FN2O. The molecule has 2 aromatic carbocycles. The molecule has 1 heterocycles. The molecule has 4 heteroatoms. The zero-order chi connectivity index (χ0) is 16.8. The minimum Gasteiger partial charge on any atom is -0.348 e. The molecule has 0 spiro atoms. The van der Waals surface area contributed by atoms with E-state index in [4.69, 9.17) is 0 Å². The Morgan fingerprint density at radius 2 is 1.62 bits per heavy atom. The van der Waals surface area contributed by atoms with Gasteiger partial charge >= 0.3 is 0 Å². The maximum Gasteiger partial charge on any atom is 0.251 e. The van der Waals surface area contributed by atoms with E-state index in [0.717, 1.165) is 25.2 Å². The van der Waals surface area contributed by atoms with Crippen LogP contribution in [-0.4, -0.2) is 23.9 Å². The molecule has 1 aliphatic rings. The number of nitrogens with one attached hydrogen (secondary N) is 1. The van der Waals surface area contributed by atoms with Crippen LogP contribution in [0.15, 0.2) is 48.5 Å². The number of nitrogens with zero attached hydrogens (tertiary/aromatic N) is 1. The van der Waals surface area contributed by atoms with Gasteiger partial charge in [-0.1, -0.05) is 30.7 Å². The van der Waals surface area contributed by atoms with Crippen molar-refractivity contribution in [3.05, 3.63) is 71.0 Å². The van der Waals surface area contributed by atoms with Crippen molar-refractivity contribution < 1.29 is 9.18 Å². The van der Waals surface area contributed by atoms with Crippen LogP contribution in [-0.2, 0) is 13.1 Å². The molecule has 1 fully saturated rings. The zero-order valence-electron chi connectivity index (χ0n) is 13.8. The van der Waals surface area contributed by atoms with Gasteiger partial charge in [0.15, 0.2) is 0 Å². The van der Waals surface area contributed by atoms with Crippen molar-refractivity contribution in [1.82, 2.24) is 10.2 Å². The number of amides is 1. The predicted octanol–water partition coefficient (Wildman–Crippen LogP) is 3.74. The molecule has 0 radical (unpaired) electrons. The summed E-state index contributed by atoms with van der Waals surface area (Å²) in [7, 11) is 0. The molecular weight excluding hydrogens is 303 g/mol. The predicted molar refractivity (Wildman–Crippen MR) is 93.1 cm³/mol. The first-order valence-electron chi connectivity index (χ1n) is 8.55. The molecule has 0 saturated carbocycles. The lowest BCUT2D eigenvalue weighted by Gasteiger charge is -2.27. The molecule has 24 heavy (non-hydrogen) atoms. The summed E-state index contributed by atoms with van der Waals surface area (Å²) in [6.45, 7) is 3.72. The van der Waals surface area contributed by atoms with Gasteiger partial charge in [-0.05, 0) is 61.3 Å². The summed E-state index contributed by atoms with van der Waals surface area (Å²) >= 11 is 0. The Kier molecular flexibility index (Phi) is 5.59. The average molecular weight is 326 g/mol. The van der Waals surface area contributed by atoms with Gasteiger partial charge in [0.25, 0.3) is 5.91 Å². The van der Waals surface area contributed by atoms with Gasteiger partial charge in [0.1, 0.15) is 5.82 Å². The maximum absolute atomic E-state index is 12.9. The first-order valence-corrected chi connectivity index (χ1v) is 8.55. The van der Waals surface area contributed by atoms with Crippen LogP contribution in [0.5, 0.6) is 0 Å². The highest BCUT2D eigenvalue weighted by Crippen LogP contribution is 2.16. The number of piperidine rings is 1. The second-order valence-corrected chi connectivity index (χ2v) is 6.30. The van der Waals surface area contributed by atoms with E-state index in [1.54, 1.807) is 0 Å². The maximum atomic E-state index is 12.9. The van der Waals surface area contributed by atoms with Gasteiger partial charge in [-0.2, -0.15) is 0 Å². The van der Waals surface area contributed by atoms with Crippen LogP contribution in [0.3, 0.4) is 0 Å². The van der Waals surface area contributed by atoms with Crippen LogP contribution in [0.1, 0.15) is 40.7 Å². The van der Waals surface area contributed by atoms with Gasteiger partial charge in [0.2, 0.25) is 0 Å². The Hall–Kier alpha value is -2.20. The number of carbonyl (C=O) groups is 1. The fourth-order valence-electron chi connectivity index (χ4n) is 3.12. The minimum absolute atomic E-state index is 0.178. The van der Waals surface area contributed by atoms with Crippen LogP contribution in [0, 0.1) is 5.82 Å². The summed E-state index contributed by atoms with van der Waals surface area (Å²) in [6, 6.07) is 13.9. The van der Waals surface area contributed by atoms with Gasteiger partial charge in [-0.15, -0.1) is 0 Å². The van der Waals surface area contributed by atoms with Crippen molar-refractivity contribution in [1.29, 1.82) is 0 Å². The Balaban J connectivity index is 1.62. The normalized spacial score (nSPS) is 15.2. The summed E-state index contributed by atoms with van der Waals surface area (Å²) in [6.07, 6.45) is 3.86. The van der Waals surface area contributed by atoms with Crippen molar-refractivity contribution in [2.45, 2.75) is 32.4 Å². The van der Waals surface area contributed by atoms with E-state index >= 15 is 0 Å². The van der Waals surface area contributed by atoms with Gasteiger partial charge in [-0.3, -0.25) is 9.69 Å². The second-order valence-electron chi connectivity index (χ2n) is 6.30. The third-order valence-electron chi connectivity index (χ3n) is 4.51. The van der Waals surface area contributed by atoms with Gasteiger partial charge in [0, 0.05) is 18.7 Å². The Morgan fingerprint density at radius 1 is 0.958 bits per heavy atom. The third-order valence-corrected chi connectivity index (χ3v) is 4.51. The average Bonchev–Trinajstić information content (AvgIpc) is 2.62. The Bertz CT molecular complexity index is 678. The number of hydrogen-bond acceptors (Lipinski definition) is 2. The van der Waals surface area contributed by atoms with E-state index in [9.17, 15) is 9.18 Å². The van der Waals surface area contributed by atoms with E-state index in [0.29, 0.717) is 12.1 Å². The van der Waals surface area contributed by atoms with Crippen LogP contribution >= 0.6 is 0 Å². The lowest BCUT2D eigenvalue weighted by atomic mass is 10.0. The SMILES string of the molecule is O=C(NCc1ccccc1CN1CCCCC1)c1ccc(F)cc1. The lowest BCUT2D eigenvalue weighted by molar-refractivity contribution is 0.0950. The summed E-state index contributed by atoms with van der Waals surface area (Å²) in [5.74, 6) is -0.513. The van der Waals surface area contributed by atoms with Crippen LogP contribution in [0.4, 0.5) is 4.39 Å². The quantitative estimate of drug-likeness (QED) is 0.908. The van der Waals surface area contributed by atoms with Crippen LogP contribution in [0.2, 0.25) is 0 Å². The number of benzene rings is 2. The molecule has 3 rings (SSSR count). The molecule has 0 bridgehead atoms. The topological polar surface area (TPSA) is 32.3 Å². The largest absolute Gasteiger partial charge is 0.348 e. The van der Waals surface area contributed by atoms with Gasteiger partial charge in [0.05, 0.1) is 0 Å².